The Bertz CT molecular complexity index is 156. The van der Waals surface area contributed by atoms with Gasteiger partial charge >= 0.3 is 0 Å². The Kier molecular flexibility index (Phi) is 2.86. The van der Waals surface area contributed by atoms with Crippen LogP contribution in [0.5, 0.6) is 0 Å². The predicted molar refractivity (Wildman–Crippen MR) is 54.6 cm³/mol. The highest BCUT2D eigenvalue weighted by Crippen LogP contribution is 2.16. The lowest BCUT2D eigenvalue weighted by molar-refractivity contribution is 0.293. The number of rotatable bonds is 2. The van der Waals surface area contributed by atoms with Crippen molar-refractivity contribution in [1.82, 2.24) is 10.2 Å². The van der Waals surface area contributed by atoms with Crippen molar-refractivity contribution in [2.45, 2.75) is 31.8 Å². The molecule has 0 spiro atoms. The molecule has 0 saturated carbocycles. The molecule has 76 valence electrons. The molecule has 2 saturated heterocycles. The van der Waals surface area contributed by atoms with Crippen LogP contribution in [0.1, 0.15) is 19.8 Å². The van der Waals surface area contributed by atoms with Crippen LogP contribution in [0.2, 0.25) is 0 Å². The summed E-state index contributed by atoms with van der Waals surface area (Å²) in [6, 6.07) is 1.14. The smallest absolute Gasteiger partial charge is 0.0206 e. The van der Waals surface area contributed by atoms with E-state index in [0.29, 0.717) is 12.0 Å². The Morgan fingerprint density at radius 1 is 1.46 bits per heavy atom. The van der Waals surface area contributed by atoms with Gasteiger partial charge < -0.3 is 11.1 Å². The Morgan fingerprint density at radius 3 is 2.85 bits per heavy atom. The lowest BCUT2D eigenvalue weighted by atomic mass is 10.1. The van der Waals surface area contributed by atoms with Gasteiger partial charge in [-0.3, -0.25) is 4.90 Å². The molecule has 2 aliphatic rings. The van der Waals surface area contributed by atoms with Crippen molar-refractivity contribution in [2.24, 2.45) is 11.7 Å². The van der Waals surface area contributed by atoms with Crippen molar-refractivity contribution in [2.75, 3.05) is 26.2 Å². The van der Waals surface area contributed by atoms with E-state index in [1.807, 2.05) is 0 Å². The quantitative estimate of drug-likeness (QED) is 0.634. The monoisotopic (exact) mass is 183 g/mol. The maximum absolute atomic E-state index is 5.98. The van der Waals surface area contributed by atoms with Gasteiger partial charge in [-0.05, 0) is 25.3 Å². The van der Waals surface area contributed by atoms with E-state index in [9.17, 15) is 0 Å². The van der Waals surface area contributed by atoms with Crippen molar-refractivity contribution in [3.05, 3.63) is 0 Å². The van der Waals surface area contributed by atoms with Crippen molar-refractivity contribution in [3.63, 3.8) is 0 Å². The summed E-state index contributed by atoms with van der Waals surface area (Å²) in [6.45, 7) is 6.96. The zero-order valence-corrected chi connectivity index (χ0v) is 8.50. The maximum Gasteiger partial charge on any atom is 0.0206 e. The molecule has 0 aromatic carbocycles. The predicted octanol–water partition coefficient (Wildman–Crippen LogP) is 0.0174. The van der Waals surface area contributed by atoms with E-state index < -0.39 is 0 Å². The zero-order valence-electron chi connectivity index (χ0n) is 8.50. The van der Waals surface area contributed by atoms with Crippen LogP contribution in [0.3, 0.4) is 0 Å². The molecule has 3 heteroatoms. The topological polar surface area (TPSA) is 41.3 Å². The molecule has 0 radical (unpaired) electrons. The molecular formula is C10H21N3. The molecule has 13 heavy (non-hydrogen) atoms. The molecule has 3 atom stereocenters. The number of hydrogen-bond acceptors (Lipinski definition) is 3. The summed E-state index contributed by atoms with van der Waals surface area (Å²) in [4.78, 5) is 2.51. The number of hydrogen-bond donors (Lipinski definition) is 2. The second kappa shape index (κ2) is 3.95. The molecule has 2 aliphatic heterocycles. The van der Waals surface area contributed by atoms with Crippen LogP contribution < -0.4 is 11.1 Å². The number of nitrogens with one attached hydrogen (secondary N) is 1. The van der Waals surface area contributed by atoms with Crippen LogP contribution in [0.4, 0.5) is 0 Å². The van der Waals surface area contributed by atoms with Gasteiger partial charge in [0.15, 0.2) is 0 Å². The Morgan fingerprint density at radius 2 is 2.31 bits per heavy atom. The van der Waals surface area contributed by atoms with Crippen LogP contribution in [0.15, 0.2) is 0 Å². The van der Waals surface area contributed by atoms with Gasteiger partial charge in [0, 0.05) is 31.7 Å². The van der Waals surface area contributed by atoms with Crippen molar-refractivity contribution in [3.8, 4) is 0 Å². The molecule has 3 N–H and O–H groups in total. The van der Waals surface area contributed by atoms with Gasteiger partial charge in [0.1, 0.15) is 0 Å². The summed E-state index contributed by atoms with van der Waals surface area (Å²) in [5.74, 6) is 0.682. The molecule has 2 unspecified atom stereocenters. The van der Waals surface area contributed by atoms with Crippen LogP contribution >= 0.6 is 0 Å². The van der Waals surface area contributed by atoms with E-state index >= 15 is 0 Å². The highest BCUT2D eigenvalue weighted by atomic mass is 15.2. The molecule has 2 rings (SSSR count). The minimum atomic E-state index is 0.404. The molecule has 2 fully saturated rings. The van der Waals surface area contributed by atoms with Gasteiger partial charge in [0.05, 0.1) is 0 Å². The van der Waals surface area contributed by atoms with Crippen molar-refractivity contribution in [1.29, 1.82) is 0 Å². The molecule has 0 bridgehead atoms. The minimum absolute atomic E-state index is 0.404. The summed E-state index contributed by atoms with van der Waals surface area (Å²) < 4.78 is 0. The van der Waals surface area contributed by atoms with E-state index in [0.717, 1.165) is 12.6 Å². The summed E-state index contributed by atoms with van der Waals surface area (Å²) in [5.41, 5.74) is 5.98. The van der Waals surface area contributed by atoms with Gasteiger partial charge in [-0.15, -0.1) is 0 Å². The van der Waals surface area contributed by atoms with Crippen LogP contribution in [0.25, 0.3) is 0 Å². The highest BCUT2D eigenvalue weighted by Gasteiger charge is 2.28. The number of nitrogens with two attached hydrogens (primary N) is 1. The lowest BCUT2D eigenvalue weighted by Gasteiger charge is -2.19. The van der Waals surface area contributed by atoms with Crippen LogP contribution in [-0.4, -0.2) is 43.2 Å². The van der Waals surface area contributed by atoms with E-state index in [4.69, 9.17) is 5.73 Å². The number of likely N-dealkylation sites (tertiary alicyclic amines) is 1. The SMILES string of the molecule is CC1CN(C[C@@H]2CCCN2)CC1N. The van der Waals surface area contributed by atoms with Gasteiger partial charge in [0.25, 0.3) is 0 Å². The molecule has 3 nitrogen and oxygen atoms in total. The Balaban J connectivity index is 1.76. The third-order valence-electron chi connectivity index (χ3n) is 3.39. The first-order chi connectivity index (χ1) is 6.25. The third kappa shape index (κ3) is 2.22. The first-order valence-electron chi connectivity index (χ1n) is 5.47. The fraction of sp³-hybridized carbons (Fsp3) is 1.00. The molecule has 2 heterocycles. The number of nitrogens with zero attached hydrogens (tertiary/aromatic N) is 1. The molecule has 0 aliphatic carbocycles. The minimum Gasteiger partial charge on any atom is -0.326 e. The van der Waals surface area contributed by atoms with Gasteiger partial charge in [0.2, 0.25) is 0 Å². The first-order valence-corrected chi connectivity index (χ1v) is 5.47. The van der Waals surface area contributed by atoms with Crippen molar-refractivity contribution < 1.29 is 0 Å². The second-order valence-corrected chi connectivity index (χ2v) is 4.65. The van der Waals surface area contributed by atoms with Crippen molar-refractivity contribution >= 4 is 0 Å². The average molecular weight is 183 g/mol. The lowest BCUT2D eigenvalue weighted by Crippen LogP contribution is -2.37. The first kappa shape index (κ1) is 9.44. The fourth-order valence-electron chi connectivity index (χ4n) is 2.47. The van der Waals surface area contributed by atoms with Crippen LogP contribution in [0, 0.1) is 5.92 Å². The van der Waals surface area contributed by atoms with Gasteiger partial charge in [-0.1, -0.05) is 6.92 Å². The van der Waals surface area contributed by atoms with Gasteiger partial charge in [-0.25, -0.2) is 0 Å². The molecule has 0 aromatic rings. The standard InChI is InChI=1S/C10H21N3/c1-8-5-13(7-10(8)11)6-9-3-2-4-12-9/h8-10,12H,2-7,11H2,1H3/t8?,9-,10?/m0/s1. The average Bonchev–Trinajstić information content (AvgIpc) is 2.64. The molecule has 0 aromatic heterocycles. The summed E-state index contributed by atoms with van der Waals surface area (Å²) in [7, 11) is 0. The highest BCUT2D eigenvalue weighted by molar-refractivity contribution is 4.87. The Hall–Kier alpha value is -0.120. The van der Waals surface area contributed by atoms with E-state index in [1.165, 1.54) is 32.5 Å². The third-order valence-corrected chi connectivity index (χ3v) is 3.39. The molecular weight excluding hydrogens is 162 g/mol. The summed E-state index contributed by atoms with van der Waals surface area (Å²) in [6.07, 6.45) is 2.69. The van der Waals surface area contributed by atoms with Gasteiger partial charge in [-0.2, -0.15) is 0 Å². The largest absolute Gasteiger partial charge is 0.326 e. The fourth-order valence-corrected chi connectivity index (χ4v) is 2.47. The summed E-state index contributed by atoms with van der Waals surface area (Å²) >= 11 is 0. The van der Waals surface area contributed by atoms with E-state index in [-0.39, 0.29) is 0 Å². The second-order valence-electron chi connectivity index (χ2n) is 4.65. The van der Waals surface area contributed by atoms with E-state index in [2.05, 4.69) is 17.1 Å². The Labute approximate surface area is 80.7 Å². The normalized spacial score (nSPS) is 41.5. The van der Waals surface area contributed by atoms with Crippen LogP contribution in [-0.2, 0) is 0 Å². The summed E-state index contributed by atoms with van der Waals surface area (Å²) in [5, 5.41) is 3.53. The zero-order chi connectivity index (χ0) is 9.26. The maximum atomic E-state index is 5.98. The molecule has 0 amide bonds. The van der Waals surface area contributed by atoms with E-state index in [1.54, 1.807) is 0 Å².